The lowest BCUT2D eigenvalue weighted by Gasteiger charge is -2.25. The fourth-order valence-electron chi connectivity index (χ4n) is 2.10. The Bertz CT molecular complexity index is 355. The molecule has 0 atom stereocenters. The van der Waals surface area contributed by atoms with Gasteiger partial charge in [-0.1, -0.05) is 39.3 Å². The molecule has 96 valence electrons. The van der Waals surface area contributed by atoms with E-state index in [-0.39, 0.29) is 5.82 Å². The summed E-state index contributed by atoms with van der Waals surface area (Å²) in [4.78, 5) is 0. The maximum Gasteiger partial charge on any atom is 0.124 e. The largest absolute Gasteiger partial charge is 0.384 e. The highest BCUT2D eigenvalue weighted by molar-refractivity contribution is 6.33. The monoisotopic (exact) mass is 257 g/mol. The molecule has 3 heteroatoms. The molecule has 0 unspecified atom stereocenters. The van der Waals surface area contributed by atoms with Crippen molar-refractivity contribution in [3.8, 4) is 0 Å². The zero-order valence-corrected chi connectivity index (χ0v) is 11.7. The summed E-state index contributed by atoms with van der Waals surface area (Å²) in [5, 5.41) is 3.75. The molecule has 1 aromatic rings. The van der Waals surface area contributed by atoms with Gasteiger partial charge in [0.15, 0.2) is 0 Å². The summed E-state index contributed by atoms with van der Waals surface area (Å²) >= 11 is 5.97. The molecule has 0 bridgehead atoms. The van der Waals surface area contributed by atoms with Crippen molar-refractivity contribution in [2.75, 3.05) is 11.9 Å². The molecule has 0 aliphatic rings. The second kappa shape index (κ2) is 6.25. The summed E-state index contributed by atoms with van der Waals surface area (Å²) in [6, 6.07) is 4.45. The number of hydrogen-bond acceptors (Lipinski definition) is 1. The molecule has 17 heavy (non-hydrogen) atoms. The average Bonchev–Trinajstić information content (AvgIpc) is 2.20. The van der Waals surface area contributed by atoms with Crippen molar-refractivity contribution in [3.63, 3.8) is 0 Å². The first-order chi connectivity index (χ1) is 7.91. The first-order valence-electron chi connectivity index (χ1n) is 6.10. The lowest BCUT2D eigenvalue weighted by molar-refractivity contribution is 0.304. The van der Waals surface area contributed by atoms with Crippen LogP contribution in [0.4, 0.5) is 10.1 Å². The fraction of sp³-hybridized carbons (Fsp3) is 0.571. The molecule has 0 aliphatic carbocycles. The van der Waals surface area contributed by atoms with Crippen LogP contribution in [-0.2, 0) is 0 Å². The molecule has 0 fully saturated rings. The highest BCUT2D eigenvalue weighted by Gasteiger charge is 2.17. The predicted molar refractivity (Wildman–Crippen MR) is 73.1 cm³/mol. The summed E-state index contributed by atoms with van der Waals surface area (Å²) in [5.74, 6) is 1.50. The van der Waals surface area contributed by atoms with Gasteiger partial charge >= 0.3 is 0 Å². The third kappa shape index (κ3) is 4.19. The molecule has 0 heterocycles. The number of rotatable bonds is 5. The zero-order chi connectivity index (χ0) is 13.0. The summed E-state index contributed by atoms with van der Waals surface area (Å²) in [6.45, 7) is 9.75. The van der Waals surface area contributed by atoms with Crippen molar-refractivity contribution in [2.45, 2.75) is 27.7 Å². The highest BCUT2D eigenvalue weighted by atomic mass is 35.5. The Morgan fingerprint density at radius 1 is 1.18 bits per heavy atom. The first kappa shape index (κ1) is 14.3. The van der Waals surface area contributed by atoms with Crippen LogP contribution >= 0.6 is 11.6 Å². The molecule has 0 radical (unpaired) electrons. The second-order valence-corrected chi connectivity index (χ2v) is 5.56. The van der Waals surface area contributed by atoms with Crippen molar-refractivity contribution >= 4 is 17.3 Å². The van der Waals surface area contributed by atoms with Crippen molar-refractivity contribution in [1.82, 2.24) is 0 Å². The average molecular weight is 258 g/mol. The molecule has 0 aliphatic heterocycles. The van der Waals surface area contributed by atoms with Gasteiger partial charge in [-0.3, -0.25) is 0 Å². The van der Waals surface area contributed by atoms with E-state index >= 15 is 0 Å². The number of hydrogen-bond donors (Lipinski definition) is 1. The van der Waals surface area contributed by atoms with Crippen molar-refractivity contribution in [3.05, 3.63) is 29.0 Å². The maximum absolute atomic E-state index is 12.9. The molecule has 0 amide bonds. The van der Waals surface area contributed by atoms with Gasteiger partial charge in [0.2, 0.25) is 0 Å². The molecule has 1 nitrogen and oxygen atoms in total. The van der Waals surface area contributed by atoms with Gasteiger partial charge < -0.3 is 5.32 Å². The van der Waals surface area contributed by atoms with E-state index in [2.05, 4.69) is 33.0 Å². The van der Waals surface area contributed by atoms with Crippen LogP contribution in [0, 0.1) is 23.6 Å². The van der Waals surface area contributed by atoms with E-state index in [1.165, 1.54) is 12.1 Å². The van der Waals surface area contributed by atoms with Crippen LogP contribution in [0.5, 0.6) is 0 Å². The smallest absolute Gasteiger partial charge is 0.124 e. The van der Waals surface area contributed by atoms with Crippen LogP contribution in [0.15, 0.2) is 18.2 Å². The van der Waals surface area contributed by atoms with E-state index in [9.17, 15) is 4.39 Å². The molecule has 1 rings (SSSR count). The van der Waals surface area contributed by atoms with Gasteiger partial charge in [-0.25, -0.2) is 4.39 Å². The van der Waals surface area contributed by atoms with Gasteiger partial charge in [0.05, 0.1) is 10.7 Å². The van der Waals surface area contributed by atoms with Crippen LogP contribution < -0.4 is 5.32 Å². The number of benzene rings is 1. The van der Waals surface area contributed by atoms with E-state index < -0.39 is 0 Å². The van der Waals surface area contributed by atoms with Crippen molar-refractivity contribution < 1.29 is 4.39 Å². The topological polar surface area (TPSA) is 12.0 Å². The van der Waals surface area contributed by atoms with E-state index in [1.54, 1.807) is 6.07 Å². The second-order valence-electron chi connectivity index (χ2n) is 5.16. The van der Waals surface area contributed by atoms with Gasteiger partial charge in [-0.15, -0.1) is 0 Å². The zero-order valence-electron chi connectivity index (χ0n) is 10.9. The van der Waals surface area contributed by atoms with Crippen LogP contribution in [0.1, 0.15) is 27.7 Å². The number of nitrogens with one attached hydrogen (secondary N) is 1. The maximum atomic E-state index is 12.9. The standard InChI is InChI=1S/C14H21ClFN/c1-9(2)12(10(3)4)8-17-14-6-5-11(16)7-13(14)15/h5-7,9-10,12,17H,8H2,1-4H3. The Morgan fingerprint density at radius 3 is 2.24 bits per heavy atom. The quantitative estimate of drug-likeness (QED) is 0.798. The molecular formula is C14H21ClFN. The SMILES string of the molecule is CC(C)C(CNc1ccc(F)cc1Cl)C(C)C. The van der Waals surface area contributed by atoms with E-state index in [0.29, 0.717) is 22.8 Å². The van der Waals surface area contributed by atoms with Crippen LogP contribution in [-0.4, -0.2) is 6.54 Å². The molecule has 0 aromatic heterocycles. The van der Waals surface area contributed by atoms with Crippen molar-refractivity contribution in [2.24, 2.45) is 17.8 Å². The Morgan fingerprint density at radius 2 is 1.76 bits per heavy atom. The van der Waals surface area contributed by atoms with E-state index in [1.807, 2.05) is 0 Å². The van der Waals surface area contributed by atoms with Crippen molar-refractivity contribution in [1.29, 1.82) is 0 Å². The summed E-state index contributed by atoms with van der Waals surface area (Å²) < 4.78 is 12.9. The van der Waals surface area contributed by atoms with Gasteiger partial charge in [0.1, 0.15) is 5.82 Å². The summed E-state index contributed by atoms with van der Waals surface area (Å²) in [6.07, 6.45) is 0. The summed E-state index contributed by atoms with van der Waals surface area (Å²) in [5.41, 5.74) is 0.805. The Labute approximate surface area is 108 Å². The van der Waals surface area contributed by atoms with Gasteiger partial charge in [0.25, 0.3) is 0 Å². The molecule has 1 aromatic carbocycles. The predicted octanol–water partition coefficient (Wildman–Crippen LogP) is 4.82. The Balaban J connectivity index is 2.65. The Kier molecular flexibility index (Phi) is 5.26. The molecule has 0 spiro atoms. The molecule has 1 N–H and O–H groups in total. The Hall–Kier alpha value is -0.760. The van der Waals surface area contributed by atoms with Crippen LogP contribution in [0.2, 0.25) is 5.02 Å². The van der Waals surface area contributed by atoms with E-state index in [0.717, 1.165) is 12.2 Å². The van der Waals surface area contributed by atoms with Crippen LogP contribution in [0.25, 0.3) is 0 Å². The van der Waals surface area contributed by atoms with Gasteiger partial charge in [-0.2, -0.15) is 0 Å². The molecule has 0 saturated heterocycles. The molecule has 0 saturated carbocycles. The third-order valence-electron chi connectivity index (χ3n) is 3.17. The molecular weight excluding hydrogens is 237 g/mol. The summed E-state index contributed by atoms with van der Waals surface area (Å²) in [7, 11) is 0. The minimum absolute atomic E-state index is 0.301. The third-order valence-corrected chi connectivity index (χ3v) is 3.48. The lowest BCUT2D eigenvalue weighted by atomic mass is 9.85. The van der Waals surface area contributed by atoms with Crippen LogP contribution in [0.3, 0.4) is 0 Å². The number of halogens is 2. The fourth-order valence-corrected chi connectivity index (χ4v) is 2.34. The van der Waals surface area contributed by atoms with Gasteiger partial charge in [-0.05, 0) is 36.0 Å². The lowest BCUT2D eigenvalue weighted by Crippen LogP contribution is -2.24. The highest BCUT2D eigenvalue weighted by Crippen LogP contribution is 2.25. The van der Waals surface area contributed by atoms with Gasteiger partial charge in [0, 0.05) is 6.54 Å². The normalized spacial score (nSPS) is 11.6. The minimum Gasteiger partial charge on any atom is -0.384 e. The first-order valence-corrected chi connectivity index (χ1v) is 6.48. The van der Waals surface area contributed by atoms with E-state index in [4.69, 9.17) is 11.6 Å². The number of anilines is 1. The minimum atomic E-state index is -0.301.